The van der Waals surface area contributed by atoms with Gasteiger partial charge in [0.05, 0.1) is 0 Å². The molecule has 0 aliphatic carbocycles. The molecule has 0 radical (unpaired) electrons. The first-order valence-corrected chi connectivity index (χ1v) is 5.97. The SMILES string of the molecule is CC1(C)CCC(N)CN1Cc1cccnc1. The van der Waals surface area contributed by atoms with Crippen molar-refractivity contribution in [1.82, 2.24) is 9.88 Å². The number of pyridine rings is 1. The summed E-state index contributed by atoms with van der Waals surface area (Å²) < 4.78 is 0. The lowest BCUT2D eigenvalue weighted by Gasteiger charge is -2.44. The highest BCUT2D eigenvalue weighted by molar-refractivity contribution is 5.09. The molecule has 3 heteroatoms. The predicted octanol–water partition coefficient (Wildman–Crippen LogP) is 1.78. The van der Waals surface area contributed by atoms with Crippen LogP contribution in [0.2, 0.25) is 0 Å². The fourth-order valence-corrected chi connectivity index (χ4v) is 2.31. The first kappa shape index (κ1) is 11.6. The number of rotatable bonds is 2. The highest BCUT2D eigenvalue weighted by Crippen LogP contribution is 2.28. The van der Waals surface area contributed by atoms with Crippen LogP contribution < -0.4 is 5.73 Å². The Morgan fingerprint density at radius 3 is 3.06 bits per heavy atom. The predicted molar refractivity (Wildman–Crippen MR) is 65.9 cm³/mol. The molecule has 0 aromatic carbocycles. The third kappa shape index (κ3) is 2.60. The van der Waals surface area contributed by atoms with Crippen molar-refractivity contribution in [3.05, 3.63) is 30.1 Å². The van der Waals surface area contributed by atoms with Gasteiger partial charge in [-0.15, -0.1) is 0 Å². The number of hydrogen-bond acceptors (Lipinski definition) is 3. The minimum Gasteiger partial charge on any atom is -0.327 e. The summed E-state index contributed by atoms with van der Waals surface area (Å²) in [5.41, 5.74) is 7.57. The smallest absolute Gasteiger partial charge is 0.0312 e. The minimum absolute atomic E-state index is 0.256. The van der Waals surface area contributed by atoms with Crippen LogP contribution in [0.15, 0.2) is 24.5 Å². The summed E-state index contributed by atoms with van der Waals surface area (Å²) >= 11 is 0. The van der Waals surface area contributed by atoms with E-state index in [2.05, 4.69) is 29.8 Å². The van der Waals surface area contributed by atoms with Crippen molar-refractivity contribution < 1.29 is 0 Å². The van der Waals surface area contributed by atoms with Crippen molar-refractivity contribution in [2.45, 2.75) is 44.8 Å². The maximum atomic E-state index is 6.04. The Hall–Kier alpha value is -0.930. The molecule has 1 fully saturated rings. The quantitative estimate of drug-likeness (QED) is 0.824. The fraction of sp³-hybridized carbons (Fsp3) is 0.615. The molecule has 0 spiro atoms. The lowest BCUT2D eigenvalue weighted by atomic mass is 9.88. The molecule has 2 N–H and O–H groups in total. The minimum atomic E-state index is 0.256. The zero-order chi connectivity index (χ0) is 11.6. The molecule has 16 heavy (non-hydrogen) atoms. The zero-order valence-corrected chi connectivity index (χ0v) is 10.2. The molecule has 0 saturated carbocycles. The van der Waals surface area contributed by atoms with Gasteiger partial charge in [-0.05, 0) is 38.3 Å². The van der Waals surface area contributed by atoms with Crippen LogP contribution in [0.4, 0.5) is 0 Å². The molecular weight excluding hydrogens is 198 g/mol. The molecule has 0 bridgehead atoms. The van der Waals surface area contributed by atoms with E-state index in [0.29, 0.717) is 6.04 Å². The maximum absolute atomic E-state index is 6.04. The highest BCUT2D eigenvalue weighted by Gasteiger charge is 2.32. The lowest BCUT2D eigenvalue weighted by molar-refractivity contribution is 0.0585. The summed E-state index contributed by atoms with van der Waals surface area (Å²) in [6, 6.07) is 4.44. The molecule has 88 valence electrons. The summed E-state index contributed by atoms with van der Waals surface area (Å²) in [6.07, 6.45) is 6.07. The number of likely N-dealkylation sites (tertiary alicyclic amines) is 1. The van der Waals surface area contributed by atoms with Crippen molar-refractivity contribution in [3.8, 4) is 0 Å². The van der Waals surface area contributed by atoms with Crippen LogP contribution in [0, 0.1) is 0 Å². The van der Waals surface area contributed by atoms with Crippen LogP contribution in [-0.2, 0) is 6.54 Å². The van der Waals surface area contributed by atoms with Crippen molar-refractivity contribution in [2.24, 2.45) is 5.73 Å². The van der Waals surface area contributed by atoms with E-state index in [1.807, 2.05) is 18.5 Å². The Kier molecular flexibility index (Phi) is 3.26. The second kappa shape index (κ2) is 4.52. The Balaban J connectivity index is 2.07. The molecule has 1 saturated heterocycles. The fourth-order valence-electron chi connectivity index (χ4n) is 2.31. The van der Waals surface area contributed by atoms with E-state index in [0.717, 1.165) is 19.5 Å². The summed E-state index contributed by atoms with van der Waals surface area (Å²) in [4.78, 5) is 6.63. The number of nitrogens with two attached hydrogens (primary N) is 1. The van der Waals surface area contributed by atoms with Gasteiger partial charge in [-0.2, -0.15) is 0 Å². The van der Waals surface area contributed by atoms with Crippen LogP contribution >= 0.6 is 0 Å². The molecule has 1 aromatic rings. The van der Waals surface area contributed by atoms with Gasteiger partial charge in [0.2, 0.25) is 0 Å². The Morgan fingerprint density at radius 1 is 1.56 bits per heavy atom. The second-order valence-electron chi connectivity index (χ2n) is 5.35. The molecule has 2 heterocycles. The summed E-state index contributed by atoms with van der Waals surface area (Å²) in [6.45, 7) is 6.54. The Morgan fingerprint density at radius 2 is 2.38 bits per heavy atom. The van der Waals surface area contributed by atoms with E-state index in [9.17, 15) is 0 Å². The molecule has 2 rings (SSSR count). The van der Waals surface area contributed by atoms with Gasteiger partial charge in [-0.3, -0.25) is 9.88 Å². The van der Waals surface area contributed by atoms with Crippen LogP contribution in [0.1, 0.15) is 32.3 Å². The van der Waals surface area contributed by atoms with E-state index in [1.165, 1.54) is 12.0 Å². The standard InChI is InChI=1S/C13H21N3/c1-13(2)6-5-12(14)10-16(13)9-11-4-3-7-15-8-11/h3-4,7-8,12H,5-6,9-10,14H2,1-2H3. The van der Waals surface area contributed by atoms with Crippen molar-refractivity contribution >= 4 is 0 Å². The van der Waals surface area contributed by atoms with E-state index >= 15 is 0 Å². The van der Waals surface area contributed by atoms with Gasteiger partial charge >= 0.3 is 0 Å². The first-order valence-electron chi connectivity index (χ1n) is 5.97. The maximum Gasteiger partial charge on any atom is 0.0312 e. The third-order valence-electron chi connectivity index (χ3n) is 3.53. The van der Waals surface area contributed by atoms with E-state index in [-0.39, 0.29) is 5.54 Å². The van der Waals surface area contributed by atoms with Gasteiger partial charge in [-0.1, -0.05) is 6.07 Å². The lowest BCUT2D eigenvalue weighted by Crippen LogP contribution is -2.53. The first-order chi connectivity index (χ1) is 7.58. The Labute approximate surface area is 97.7 Å². The molecule has 3 nitrogen and oxygen atoms in total. The molecule has 1 aromatic heterocycles. The zero-order valence-electron chi connectivity index (χ0n) is 10.2. The summed E-state index contributed by atoms with van der Waals surface area (Å²) in [7, 11) is 0. The van der Waals surface area contributed by atoms with Gasteiger partial charge in [0.15, 0.2) is 0 Å². The topological polar surface area (TPSA) is 42.1 Å². The van der Waals surface area contributed by atoms with Gasteiger partial charge in [0.1, 0.15) is 0 Å². The highest BCUT2D eigenvalue weighted by atomic mass is 15.2. The summed E-state index contributed by atoms with van der Waals surface area (Å²) in [5.74, 6) is 0. The largest absolute Gasteiger partial charge is 0.327 e. The normalized spacial score (nSPS) is 25.6. The molecule has 1 aliphatic heterocycles. The number of aromatic nitrogens is 1. The van der Waals surface area contributed by atoms with Gasteiger partial charge in [0, 0.05) is 37.1 Å². The molecule has 0 amide bonds. The van der Waals surface area contributed by atoms with Crippen LogP contribution in [0.25, 0.3) is 0 Å². The molecular formula is C13H21N3. The van der Waals surface area contributed by atoms with Gasteiger partial charge < -0.3 is 5.73 Å². The van der Waals surface area contributed by atoms with E-state index in [4.69, 9.17) is 5.73 Å². The van der Waals surface area contributed by atoms with E-state index in [1.54, 1.807) is 0 Å². The number of piperidine rings is 1. The van der Waals surface area contributed by atoms with Crippen molar-refractivity contribution in [1.29, 1.82) is 0 Å². The van der Waals surface area contributed by atoms with Crippen molar-refractivity contribution in [3.63, 3.8) is 0 Å². The van der Waals surface area contributed by atoms with Gasteiger partial charge in [0.25, 0.3) is 0 Å². The average molecular weight is 219 g/mol. The molecule has 1 aliphatic rings. The molecule has 1 atom stereocenters. The summed E-state index contributed by atoms with van der Waals surface area (Å²) in [5, 5.41) is 0. The Bertz CT molecular complexity index is 334. The average Bonchev–Trinajstić information content (AvgIpc) is 2.26. The third-order valence-corrected chi connectivity index (χ3v) is 3.53. The van der Waals surface area contributed by atoms with Gasteiger partial charge in [-0.25, -0.2) is 0 Å². The number of hydrogen-bond donors (Lipinski definition) is 1. The van der Waals surface area contributed by atoms with Crippen molar-refractivity contribution in [2.75, 3.05) is 6.54 Å². The van der Waals surface area contributed by atoms with Crippen LogP contribution in [0.3, 0.4) is 0 Å². The van der Waals surface area contributed by atoms with Crippen LogP contribution in [-0.4, -0.2) is 28.0 Å². The monoisotopic (exact) mass is 219 g/mol. The van der Waals surface area contributed by atoms with E-state index < -0.39 is 0 Å². The molecule has 1 unspecified atom stereocenters. The number of nitrogens with zero attached hydrogens (tertiary/aromatic N) is 2. The van der Waals surface area contributed by atoms with Crippen LogP contribution in [0.5, 0.6) is 0 Å². The second-order valence-corrected chi connectivity index (χ2v) is 5.35.